The first kappa shape index (κ1) is 22.5. The number of aliphatic imine (C=N–C) groups is 1. The first-order valence-corrected chi connectivity index (χ1v) is 9.69. The van der Waals surface area contributed by atoms with E-state index in [0.29, 0.717) is 6.54 Å². The number of carbonyl (C=O) groups is 1. The van der Waals surface area contributed by atoms with Crippen molar-refractivity contribution in [3.8, 4) is 0 Å². The molecule has 1 aliphatic rings. The third-order valence-corrected chi connectivity index (χ3v) is 4.36. The van der Waals surface area contributed by atoms with Crippen molar-refractivity contribution in [3.63, 3.8) is 0 Å². The summed E-state index contributed by atoms with van der Waals surface area (Å²) in [6, 6.07) is 0. The van der Waals surface area contributed by atoms with Gasteiger partial charge in [0.2, 0.25) is 0 Å². The van der Waals surface area contributed by atoms with Gasteiger partial charge in [-0.3, -0.25) is 4.99 Å². The van der Waals surface area contributed by atoms with E-state index in [9.17, 15) is 4.79 Å². The van der Waals surface area contributed by atoms with Gasteiger partial charge in [0.25, 0.3) is 0 Å². The van der Waals surface area contributed by atoms with Crippen molar-refractivity contribution in [2.75, 3.05) is 39.8 Å². The van der Waals surface area contributed by atoms with Crippen LogP contribution < -0.4 is 16.0 Å². The van der Waals surface area contributed by atoms with Gasteiger partial charge in [-0.05, 0) is 66.5 Å². The molecule has 0 atom stereocenters. The molecule has 3 N–H and O–H groups in total. The Morgan fingerprint density at radius 1 is 1.15 bits per heavy atom. The van der Waals surface area contributed by atoms with E-state index in [4.69, 9.17) is 4.74 Å². The quantitative estimate of drug-likeness (QED) is 0.494. The molecule has 0 aliphatic carbocycles. The number of hydrogen-bond donors (Lipinski definition) is 3. The fraction of sp³-hybridized carbons (Fsp3) is 0.895. The molecular formula is C19H39N5O2. The van der Waals surface area contributed by atoms with Crippen LogP contribution in [0.1, 0.15) is 54.4 Å². The highest BCUT2D eigenvalue weighted by molar-refractivity contribution is 5.79. The van der Waals surface area contributed by atoms with E-state index >= 15 is 0 Å². The van der Waals surface area contributed by atoms with Crippen molar-refractivity contribution in [2.24, 2.45) is 10.9 Å². The van der Waals surface area contributed by atoms with Crippen molar-refractivity contribution >= 4 is 12.1 Å². The van der Waals surface area contributed by atoms with Crippen molar-refractivity contribution < 1.29 is 9.53 Å². The van der Waals surface area contributed by atoms with E-state index in [1.165, 1.54) is 25.9 Å². The number of alkyl carbamates (subject to hydrolysis) is 1. The zero-order chi connectivity index (χ0) is 19.8. The second kappa shape index (κ2) is 10.00. The largest absolute Gasteiger partial charge is 0.444 e. The first-order valence-electron chi connectivity index (χ1n) is 9.69. The Balaban J connectivity index is 2.30. The van der Waals surface area contributed by atoms with Gasteiger partial charge in [0.05, 0.1) is 5.54 Å². The summed E-state index contributed by atoms with van der Waals surface area (Å²) >= 11 is 0. The molecule has 26 heavy (non-hydrogen) atoms. The third kappa shape index (κ3) is 9.85. The lowest BCUT2D eigenvalue weighted by Gasteiger charge is -2.31. The first-order chi connectivity index (χ1) is 12.0. The number of likely N-dealkylation sites (tertiary alicyclic amines) is 1. The van der Waals surface area contributed by atoms with Gasteiger partial charge in [-0.25, -0.2) is 4.79 Å². The summed E-state index contributed by atoms with van der Waals surface area (Å²) in [7, 11) is 1.76. The van der Waals surface area contributed by atoms with Crippen LogP contribution in [0.5, 0.6) is 0 Å². The Bertz CT molecular complexity index is 463. The topological polar surface area (TPSA) is 78.0 Å². The molecule has 7 nitrogen and oxygen atoms in total. The minimum Gasteiger partial charge on any atom is -0.444 e. The Hall–Kier alpha value is -1.50. The van der Waals surface area contributed by atoms with E-state index in [0.717, 1.165) is 25.0 Å². The third-order valence-electron chi connectivity index (χ3n) is 4.36. The lowest BCUT2D eigenvalue weighted by molar-refractivity contribution is 0.0474. The maximum Gasteiger partial charge on any atom is 0.408 e. The zero-order valence-electron chi connectivity index (χ0n) is 17.7. The SMILES string of the molecule is CN=C(NCCN1CCC(C)CC1)NCC(C)(C)NC(=O)OC(C)(C)C. The predicted octanol–water partition coefficient (Wildman–Crippen LogP) is 2.19. The maximum atomic E-state index is 11.9. The summed E-state index contributed by atoms with van der Waals surface area (Å²) in [6.07, 6.45) is 2.17. The fourth-order valence-corrected chi connectivity index (χ4v) is 2.77. The molecule has 0 saturated carbocycles. The molecule has 1 saturated heterocycles. The van der Waals surface area contributed by atoms with Crippen LogP contribution in [0.15, 0.2) is 4.99 Å². The summed E-state index contributed by atoms with van der Waals surface area (Å²) in [5.74, 6) is 1.60. The molecule has 0 aromatic carbocycles. The Kier molecular flexibility index (Phi) is 8.67. The number of nitrogens with zero attached hydrogens (tertiary/aromatic N) is 2. The zero-order valence-corrected chi connectivity index (χ0v) is 17.7. The number of ether oxygens (including phenoxy) is 1. The molecule has 1 amide bonds. The number of amides is 1. The van der Waals surface area contributed by atoms with Gasteiger partial charge in [-0.1, -0.05) is 6.92 Å². The second-order valence-electron chi connectivity index (χ2n) is 8.89. The van der Waals surface area contributed by atoms with Crippen LogP contribution in [0.2, 0.25) is 0 Å². The van der Waals surface area contributed by atoms with Gasteiger partial charge in [0.15, 0.2) is 5.96 Å². The van der Waals surface area contributed by atoms with Crippen molar-refractivity contribution in [1.29, 1.82) is 0 Å². The van der Waals surface area contributed by atoms with Gasteiger partial charge in [-0.2, -0.15) is 0 Å². The van der Waals surface area contributed by atoms with Gasteiger partial charge in [-0.15, -0.1) is 0 Å². The molecular weight excluding hydrogens is 330 g/mol. The van der Waals surface area contributed by atoms with Crippen LogP contribution in [0, 0.1) is 5.92 Å². The molecule has 0 aromatic heterocycles. The molecule has 0 radical (unpaired) electrons. The van der Waals surface area contributed by atoms with E-state index in [1.54, 1.807) is 7.05 Å². The van der Waals surface area contributed by atoms with E-state index in [2.05, 4.69) is 32.8 Å². The van der Waals surface area contributed by atoms with Crippen LogP contribution in [-0.2, 0) is 4.74 Å². The lowest BCUT2D eigenvalue weighted by Crippen LogP contribution is -2.54. The van der Waals surface area contributed by atoms with Crippen LogP contribution >= 0.6 is 0 Å². The van der Waals surface area contributed by atoms with Crippen molar-refractivity contribution in [1.82, 2.24) is 20.9 Å². The summed E-state index contributed by atoms with van der Waals surface area (Å²) in [4.78, 5) is 18.7. The lowest BCUT2D eigenvalue weighted by atomic mass is 9.99. The number of guanidine groups is 1. The van der Waals surface area contributed by atoms with E-state index in [1.807, 2.05) is 34.6 Å². The standard InChI is InChI=1S/C19H39N5O2/c1-15-8-11-24(12-9-15)13-10-21-16(20-7)22-14-19(5,6)23-17(25)26-18(2,3)4/h15H,8-14H2,1-7H3,(H,23,25)(H2,20,21,22). The molecule has 0 spiro atoms. The van der Waals surface area contributed by atoms with Crippen molar-refractivity contribution in [2.45, 2.75) is 65.5 Å². The Morgan fingerprint density at radius 3 is 2.31 bits per heavy atom. The summed E-state index contributed by atoms with van der Waals surface area (Å²) in [5, 5.41) is 9.51. The molecule has 1 fully saturated rings. The summed E-state index contributed by atoms with van der Waals surface area (Å²) in [6.45, 7) is 16.6. The molecule has 1 rings (SSSR count). The minimum atomic E-state index is -0.503. The highest BCUT2D eigenvalue weighted by Crippen LogP contribution is 2.15. The number of hydrogen-bond acceptors (Lipinski definition) is 4. The molecule has 0 aromatic rings. The summed E-state index contributed by atoms with van der Waals surface area (Å²) < 4.78 is 5.32. The van der Waals surface area contributed by atoms with E-state index in [-0.39, 0.29) is 0 Å². The summed E-state index contributed by atoms with van der Waals surface area (Å²) in [5.41, 5.74) is -0.958. The normalized spacial score (nSPS) is 17.7. The van der Waals surface area contributed by atoms with Crippen molar-refractivity contribution in [3.05, 3.63) is 0 Å². The molecule has 152 valence electrons. The van der Waals surface area contributed by atoms with Crippen LogP contribution in [-0.4, -0.2) is 67.9 Å². The number of nitrogens with one attached hydrogen (secondary N) is 3. The number of rotatable bonds is 6. The molecule has 0 unspecified atom stereocenters. The van der Waals surface area contributed by atoms with Gasteiger partial charge in [0.1, 0.15) is 5.60 Å². The van der Waals surface area contributed by atoms with Crippen LogP contribution in [0.25, 0.3) is 0 Å². The average molecular weight is 370 g/mol. The molecule has 1 heterocycles. The molecule has 7 heteroatoms. The van der Waals surface area contributed by atoms with Gasteiger partial charge in [0, 0.05) is 26.7 Å². The predicted molar refractivity (Wildman–Crippen MR) is 108 cm³/mol. The Morgan fingerprint density at radius 2 is 1.77 bits per heavy atom. The van der Waals surface area contributed by atoms with Gasteiger partial charge < -0.3 is 25.6 Å². The monoisotopic (exact) mass is 369 g/mol. The second-order valence-corrected chi connectivity index (χ2v) is 8.89. The smallest absolute Gasteiger partial charge is 0.408 e. The fourth-order valence-electron chi connectivity index (χ4n) is 2.77. The number of piperidine rings is 1. The molecule has 1 aliphatic heterocycles. The van der Waals surface area contributed by atoms with Gasteiger partial charge >= 0.3 is 6.09 Å². The highest BCUT2D eigenvalue weighted by Gasteiger charge is 2.24. The van der Waals surface area contributed by atoms with Crippen LogP contribution in [0.4, 0.5) is 4.79 Å². The molecule has 0 bridgehead atoms. The van der Waals surface area contributed by atoms with Crippen LogP contribution in [0.3, 0.4) is 0 Å². The maximum absolute atomic E-state index is 11.9. The minimum absolute atomic E-state index is 0.411. The highest BCUT2D eigenvalue weighted by atomic mass is 16.6. The number of carbonyl (C=O) groups excluding carboxylic acids is 1. The Labute approximate surface area is 159 Å². The average Bonchev–Trinajstić information content (AvgIpc) is 2.50. The van der Waals surface area contributed by atoms with E-state index < -0.39 is 17.2 Å².